The molecule has 3 heteroatoms. The normalized spacial score (nSPS) is 28.6. The maximum atomic E-state index is 11.9. The highest BCUT2D eigenvalue weighted by Gasteiger charge is 2.48. The molecule has 0 aliphatic heterocycles. The molecule has 3 atom stereocenters. The van der Waals surface area contributed by atoms with Crippen LogP contribution in [0.3, 0.4) is 0 Å². The van der Waals surface area contributed by atoms with Crippen molar-refractivity contribution in [1.29, 1.82) is 0 Å². The first kappa shape index (κ1) is 11.6. The molecular formula is C15H19NO2. The number of anilines is 1. The van der Waals surface area contributed by atoms with Gasteiger partial charge in [0.2, 0.25) is 0 Å². The van der Waals surface area contributed by atoms with E-state index >= 15 is 0 Å². The molecule has 0 heterocycles. The summed E-state index contributed by atoms with van der Waals surface area (Å²) in [6.45, 7) is 2.25. The van der Waals surface area contributed by atoms with Crippen LogP contribution in [0.4, 0.5) is 5.69 Å². The van der Waals surface area contributed by atoms with Crippen molar-refractivity contribution in [3.8, 4) is 0 Å². The maximum Gasteiger partial charge on any atom is 0.340 e. The van der Waals surface area contributed by atoms with Gasteiger partial charge in [0.05, 0.1) is 12.2 Å². The van der Waals surface area contributed by atoms with Crippen LogP contribution in [0.25, 0.3) is 0 Å². The molecule has 0 bridgehead atoms. The average Bonchev–Trinajstić information content (AvgIpc) is 3.07. The second-order valence-corrected chi connectivity index (χ2v) is 5.25. The van der Waals surface area contributed by atoms with Crippen LogP contribution in [-0.2, 0) is 4.74 Å². The van der Waals surface area contributed by atoms with E-state index in [2.05, 4.69) is 5.32 Å². The highest BCUT2D eigenvalue weighted by atomic mass is 16.5. The van der Waals surface area contributed by atoms with E-state index in [0.717, 1.165) is 17.5 Å². The first-order valence-corrected chi connectivity index (χ1v) is 6.82. The molecule has 1 aromatic carbocycles. The van der Waals surface area contributed by atoms with Crippen LogP contribution < -0.4 is 5.32 Å². The molecule has 2 saturated carbocycles. The van der Waals surface area contributed by atoms with Crippen molar-refractivity contribution in [3.63, 3.8) is 0 Å². The number of para-hydroxylation sites is 1. The van der Waals surface area contributed by atoms with Gasteiger partial charge in [-0.3, -0.25) is 0 Å². The van der Waals surface area contributed by atoms with E-state index in [9.17, 15) is 4.79 Å². The Morgan fingerprint density at radius 1 is 1.39 bits per heavy atom. The Bertz CT molecular complexity index is 458. The van der Waals surface area contributed by atoms with E-state index in [4.69, 9.17) is 4.74 Å². The van der Waals surface area contributed by atoms with Crippen molar-refractivity contribution in [3.05, 3.63) is 29.8 Å². The van der Waals surface area contributed by atoms with Gasteiger partial charge >= 0.3 is 5.97 Å². The molecule has 0 amide bonds. The lowest BCUT2D eigenvalue weighted by Gasteiger charge is -2.18. The lowest BCUT2D eigenvalue weighted by molar-refractivity contribution is 0.0527. The van der Waals surface area contributed by atoms with Gasteiger partial charge in [0, 0.05) is 11.7 Å². The zero-order valence-electron chi connectivity index (χ0n) is 10.7. The first-order chi connectivity index (χ1) is 8.79. The molecule has 0 spiro atoms. The molecular weight excluding hydrogens is 226 g/mol. The minimum atomic E-state index is -0.231. The number of fused-ring (bicyclic) bond motifs is 1. The van der Waals surface area contributed by atoms with Crippen molar-refractivity contribution in [2.45, 2.75) is 32.2 Å². The van der Waals surface area contributed by atoms with Crippen LogP contribution in [0.15, 0.2) is 24.3 Å². The predicted octanol–water partition coefficient (Wildman–Crippen LogP) is 3.07. The highest BCUT2D eigenvalue weighted by Crippen LogP contribution is 2.52. The first-order valence-electron chi connectivity index (χ1n) is 6.82. The zero-order chi connectivity index (χ0) is 12.5. The quantitative estimate of drug-likeness (QED) is 0.828. The number of nitrogens with one attached hydrogen (secondary N) is 1. The Hall–Kier alpha value is -1.51. The van der Waals surface area contributed by atoms with Gasteiger partial charge < -0.3 is 10.1 Å². The van der Waals surface area contributed by atoms with Crippen molar-refractivity contribution < 1.29 is 9.53 Å². The summed E-state index contributed by atoms with van der Waals surface area (Å²) < 4.78 is 5.09. The maximum absolute atomic E-state index is 11.9. The fourth-order valence-electron chi connectivity index (χ4n) is 3.08. The largest absolute Gasteiger partial charge is 0.462 e. The molecule has 96 valence electrons. The van der Waals surface area contributed by atoms with Gasteiger partial charge in [-0.05, 0) is 50.2 Å². The molecule has 18 heavy (non-hydrogen) atoms. The summed E-state index contributed by atoms with van der Waals surface area (Å²) in [6, 6.07) is 8.20. The van der Waals surface area contributed by atoms with Gasteiger partial charge in [0.15, 0.2) is 0 Å². The summed E-state index contributed by atoms with van der Waals surface area (Å²) in [7, 11) is 0. The second kappa shape index (κ2) is 4.63. The molecule has 3 nitrogen and oxygen atoms in total. The summed E-state index contributed by atoms with van der Waals surface area (Å²) in [5.41, 5.74) is 1.58. The molecule has 0 radical (unpaired) electrons. The third kappa shape index (κ3) is 2.09. The van der Waals surface area contributed by atoms with Crippen LogP contribution in [0.5, 0.6) is 0 Å². The minimum absolute atomic E-state index is 0.231. The van der Waals surface area contributed by atoms with Crippen molar-refractivity contribution in [2.75, 3.05) is 11.9 Å². The predicted molar refractivity (Wildman–Crippen MR) is 70.6 cm³/mol. The van der Waals surface area contributed by atoms with Gasteiger partial charge in [-0.15, -0.1) is 0 Å². The van der Waals surface area contributed by atoms with Crippen LogP contribution in [0, 0.1) is 11.8 Å². The van der Waals surface area contributed by atoms with Gasteiger partial charge in [-0.25, -0.2) is 4.79 Å². The standard InChI is InChI=1S/C15H19NO2/c1-2-18-15(17)11-5-3-4-6-13(11)16-14-8-7-10-9-12(10)14/h3-6,10,12,14,16H,2,7-9H2,1H3. The topological polar surface area (TPSA) is 38.3 Å². The van der Waals surface area contributed by atoms with Crippen LogP contribution in [0.2, 0.25) is 0 Å². The molecule has 2 aliphatic carbocycles. The number of rotatable bonds is 4. The Labute approximate surface area is 108 Å². The van der Waals surface area contributed by atoms with E-state index in [1.165, 1.54) is 19.3 Å². The number of hydrogen-bond donors (Lipinski definition) is 1. The number of hydrogen-bond acceptors (Lipinski definition) is 3. The molecule has 2 fully saturated rings. The van der Waals surface area contributed by atoms with E-state index in [-0.39, 0.29) is 5.97 Å². The van der Waals surface area contributed by atoms with E-state index < -0.39 is 0 Å². The Balaban J connectivity index is 1.76. The summed E-state index contributed by atoms with van der Waals surface area (Å²) in [4.78, 5) is 11.9. The fraction of sp³-hybridized carbons (Fsp3) is 0.533. The number of carbonyl (C=O) groups is 1. The molecule has 1 aromatic rings. The molecule has 0 aromatic heterocycles. The second-order valence-electron chi connectivity index (χ2n) is 5.25. The Morgan fingerprint density at radius 3 is 2.89 bits per heavy atom. The lowest BCUT2D eigenvalue weighted by atomic mass is 10.1. The Kier molecular flexibility index (Phi) is 2.98. The summed E-state index contributed by atoms with van der Waals surface area (Å²) in [5.74, 6) is 1.54. The van der Waals surface area contributed by atoms with Crippen molar-refractivity contribution in [2.24, 2.45) is 11.8 Å². The summed E-state index contributed by atoms with van der Waals surface area (Å²) in [6.07, 6.45) is 3.93. The zero-order valence-corrected chi connectivity index (χ0v) is 10.7. The number of carbonyl (C=O) groups excluding carboxylic acids is 1. The van der Waals surface area contributed by atoms with Crippen molar-refractivity contribution >= 4 is 11.7 Å². The average molecular weight is 245 g/mol. The fourth-order valence-corrected chi connectivity index (χ4v) is 3.08. The molecule has 1 N–H and O–H groups in total. The van der Waals surface area contributed by atoms with Gasteiger partial charge in [-0.2, -0.15) is 0 Å². The summed E-state index contributed by atoms with van der Waals surface area (Å²) in [5, 5.41) is 3.54. The molecule has 3 rings (SSSR count). The van der Waals surface area contributed by atoms with Gasteiger partial charge in [0.25, 0.3) is 0 Å². The van der Waals surface area contributed by atoms with Crippen molar-refractivity contribution in [1.82, 2.24) is 0 Å². The monoisotopic (exact) mass is 245 g/mol. The number of benzene rings is 1. The van der Waals surface area contributed by atoms with Gasteiger partial charge in [0.1, 0.15) is 0 Å². The van der Waals surface area contributed by atoms with E-state index in [1.807, 2.05) is 31.2 Å². The SMILES string of the molecule is CCOC(=O)c1ccccc1NC1CCC2CC21. The highest BCUT2D eigenvalue weighted by molar-refractivity contribution is 5.95. The minimum Gasteiger partial charge on any atom is -0.462 e. The van der Waals surface area contributed by atoms with Crippen LogP contribution >= 0.6 is 0 Å². The van der Waals surface area contributed by atoms with Crippen LogP contribution in [0.1, 0.15) is 36.5 Å². The van der Waals surface area contributed by atoms with E-state index in [0.29, 0.717) is 18.2 Å². The third-order valence-corrected chi connectivity index (χ3v) is 4.11. The summed E-state index contributed by atoms with van der Waals surface area (Å²) >= 11 is 0. The Morgan fingerprint density at radius 2 is 2.22 bits per heavy atom. The van der Waals surface area contributed by atoms with E-state index in [1.54, 1.807) is 0 Å². The number of esters is 1. The third-order valence-electron chi connectivity index (χ3n) is 4.11. The number of ether oxygens (including phenoxy) is 1. The smallest absolute Gasteiger partial charge is 0.340 e. The molecule has 0 saturated heterocycles. The lowest BCUT2D eigenvalue weighted by Crippen LogP contribution is -2.21. The van der Waals surface area contributed by atoms with Crippen LogP contribution in [-0.4, -0.2) is 18.6 Å². The molecule has 3 unspecified atom stereocenters. The van der Waals surface area contributed by atoms with Gasteiger partial charge in [-0.1, -0.05) is 12.1 Å². The molecule has 2 aliphatic rings.